The molecule has 3 N–H and O–H groups in total. The molecule has 110 valence electrons. The lowest BCUT2D eigenvalue weighted by atomic mass is 9.96. The van der Waals surface area contributed by atoms with Crippen molar-refractivity contribution >= 4 is 5.91 Å². The summed E-state index contributed by atoms with van der Waals surface area (Å²) in [6, 6.07) is 6.26. The van der Waals surface area contributed by atoms with Crippen LogP contribution in [0.5, 0.6) is 0 Å². The van der Waals surface area contributed by atoms with Gasteiger partial charge in [-0.15, -0.1) is 0 Å². The van der Waals surface area contributed by atoms with Gasteiger partial charge in [0.15, 0.2) is 0 Å². The van der Waals surface area contributed by atoms with Gasteiger partial charge in [0, 0.05) is 6.04 Å². The first kappa shape index (κ1) is 15.0. The van der Waals surface area contributed by atoms with Gasteiger partial charge in [-0.1, -0.05) is 49.4 Å². The molecular formula is C17H26N2O. The topological polar surface area (TPSA) is 55.1 Å². The van der Waals surface area contributed by atoms with Crippen molar-refractivity contribution < 1.29 is 4.79 Å². The molecule has 0 spiro atoms. The van der Waals surface area contributed by atoms with Crippen LogP contribution in [-0.4, -0.2) is 11.9 Å². The number of carbonyl (C=O) groups excluding carboxylic acids is 1. The van der Waals surface area contributed by atoms with Crippen molar-refractivity contribution in [2.45, 2.75) is 64.5 Å². The number of rotatable bonds is 4. The van der Waals surface area contributed by atoms with Crippen LogP contribution in [0.2, 0.25) is 0 Å². The summed E-state index contributed by atoms with van der Waals surface area (Å²) in [7, 11) is 0. The van der Waals surface area contributed by atoms with Crippen molar-refractivity contribution in [1.29, 1.82) is 0 Å². The largest absolute Gasteiger partial charge is 0.368 e. The molecule has 1 amide bonds. The lowest BCUT2D eigenvalue weighted by molar-refractivity contribution is -0.120. The van der Waals surface area contributed by atoms with E-state index in [1.165, 1.54) is 31.2 Å². The molecule has 1 aromatic rings. The maximum atomic E-state index is 11.9. The fraction of sp³-hybridized carbons (Fsp3) is 0.588. The van der Waals surface area contributed by atoms with E-state index in [0.717, 1.165) is 24.0 Å². The van der Waals surface area contributed by atoms with Crippen LogP contribution in [0.4, 0.5) is 0 Å². The van der Waals surface area contributed by atoms with Crippen molar-refractivity contribution in [3.8, 4) is 0 Å². The second kappa shape index (κ2) is 6.89. The van der Waals surface area contributed by atoms with Crippen molar-refractivity contribution in [2.75, 3.05) is 0 Å². The second-order valence-corrected chi connectivity index (χ2v) is 6.05. The molecule has 3 nitrogen and oxygen atoms in total. The van der Waals surface area contributed by atoms with Crippen LogP contribution in [-0.2, 0) is 4.79 Å². The minimum atomic E-state index is -0.363. The summed E-state index contributed by atoms with van der Waals surface area (Å²) in [6.45, 7) is 4.09. The van der Waals surface area contributed by atoms with E-state index in [4.69, 9.17) is 5.73 Å². The summed E-state index contributed by atoms with van der Waals surface area (Å²) in [5.74, 6) is -0.275. The molecule has 20 heavy (non-hydrogen) atoms. The van der Waals surface area contributed by atoms with E-state index in [1.54, 1.807) is 0 Å². The van der Waals surface area contributed by atoms with E-state index in [2.05, 4.69) is 23.5 Å². The zero-order valence-electron chi connectivity index (χ0n) is 12.6. The summed E-state index contributed by atoms with van der Waals surface area (Å²) in [5, 5.41) is 3.51. The molecule has 0 heterocycles. The van der Waals surface area contributed by atoms with Gasteiger partial charge in [0.1, 0.15) is 6.04 Å². The molecule has 1 aliphatic rings. The fourth-order valence-electron chi connectivity index (χ4n) is 3.08. The number of benzene rings is 1. The number of carbonyl (C=O) groups is 1. The van der Waals surface area contributed by atoms with Crippen LogP contribution in [0.1, 0.15) is 61.3 Å². The van der Waals surface area contributed by atoms with E-state index in [0.29, 0.717) is 6.04 Å². The zero-order valence-corrected chi connectivity index (χ0v) is 12.6. The normalized spacial score (nSPS) is 18.5. The molecule has 1 saturated carbocycles. The smallest absolute Gasteiger partial charge is 0.239 e. The molecule has 2 rings (SSSR count). The first-order valence-electron chi connectivity index (χ1n) is 7.70. The molecule has 1 fully saturated rings. The Hall–Kier alpha value is -1.35. The highest BCUT2D eigenvalue weighted by molar-refractivity contribution is 5.82. The Balaban J connectivity index is 2.17. The summed E-state index contributed by atoms with van der Waals surface area (Å²) >= 11 is 0. The third-order valence-electron chi connectivity index (χ3n) is 4.29. The monoisotopic (exact) mass is 274 g/mol. The Bertz CT molecular complexity index is 462. The van der Waals surface area contributed by atoms with Gasteiger partial charge in [0.05, 0.1) is 0 Å². The minimum absolute atomic E-state index is 0.275. The molecule has 0 aliphatic heterocycles. The quantitative estimate of drug-likeness (QED) is 0.829. The summed E-state index contributed by atoms with van der Waals surface area (Å²) in [5.41, 5.74) is 8.96. The lowest BCUT2D eigenvalue weighted by Gasteiger charge is -2.24. The van der Waals surface area contributed by atoms with Crippen LogP contribution in [0, 0.1) is 13.8 Å². The predicted molar refractivity (Wildman–Crippen MR) is 82.5 cm³/mol. The maximum absolute atomic E-state index is 11.9. The van der Waals surface area contributed by atoms with Crippen molar-refractivity contribution in [2.24, 2.45) is 5.73 Å². The molecular weight excluding hydrogens is 248 g/mol. The maximum Gasteiger partial charge on any atom is 0.239 e. The van der Waals surface area contributed by atoms with Crippen molar-refractivity contribution in [3.63, 3.8) is 0 Å². The number of hydrogen-bond acceptors (Lipinski definition) is 2. The Labute approximate surface area is 121 Å². The summed E-state index contributed by atoms with van der Waals surface area (Å²) in [6.07, 6.45) is 7.40. The lowest BCUT2D eigenvalue weighted by Crippen LogP contribution is -2.40. The number of nitrogens with two attached hydrogens (primary N) is 1. The Kier molecular flexibility index (Phi) is 5.18. The zero-order chi connectivity index (χ0) is 14.5. The van der Waals surface area contributed by atoms with E-state index in [1.807, 2.05) is 13.8 Å². The number of primary amides is 1. The molecule has 0 radical (unpaired) electrons. The van der Waals surface area contributed by atoms with Gasteiger partial charge in [-0.25, -0.2) is 0 Å². The van der Waals surface area contributed by atoms with Crippen molar-refractivity contribution in [1.82, 2.24) is 5.32 Å². The van der Waals surface area contributed by atoms with E-state index in [9.17, 15) is 4.79 Å². The third kappa shape index (κ3) is 3.83. The van der Waals surface area contributed by atoms with Crippen LogP contribution in [0.3, 0.4) is 0 Å². The van der Waals surface area contributed by atoms with Gasteiger partial charge in [-0.05, 0) is 37.8 Å². The Morgan fingerprint density at radius 3 is 2.45 bits per heavy atom. The van der Waals surface area contributed by atoms with Crippen LogP contribution < -0.4 is 11.1 Å². The molecule has 0 saturated heterocycles. The molecule has 1 atom stereocenters. The van der Waals surface area contributed by atoms with Gasteiger partial charge >= 0.3 is 0 Å². The van der Waals surface area contributed by atoms with Gasteiger partial charge in [0.25, 0.3) is 0 Å². The molecule has 0 aromatic heterocycles. The molecule has 0 bridgehead atoms. The SMILES string of the molecule is Cc1ccc(C)c(C(NC2CCCCCC2)C(N)=O)c1. The standard InChI is InChI=1S/C17H26N2O/c1-12-9-10-13(2)15(11-12)16(17(18)20)19-14-7-5-3-4-6-8-14/h9-11,14,16,19H,3-8H2,1-2H3,(H2,18,20). The van der Waals surface area contributed by atoms with Crippen molar-refractivity contribution in [3.05, 3.63) is 34.9 Å². The third-order valence-corrected chi connectivity index (χ3v) is 4.29. The first-order valence-corrected chi connectivity index (χ1v) is 7.70. The van der Waals surface area contributed by atoms with Gasteiger partial charge in [0.2, 0.25) is 5.91 Å². The molecule has 1 unspecified atom stereocenters. The Morgan fingerprint density at radius 1 is 1.20 bits per heavy atom. The second-order valence-electron chi connectivity index (χ2n) is 6.05. The highest BCUT2D eigenvalue weighted by Crippen LogP contribution is 2.23. The minimum Gasteiger partial charge on any atom is -0.368 e. The highest BCUT2D eigenvalue weighted by atomic mass is 16.1. The van der Waals surface area contributed by atoms with Gasteiger partial charge in [-0.3, -0.25) is 10.1 Å². The average Bonchev–Trinajstić information content (AvgIpc) is 2.67. The number of aryl methyl sites for hydroxylation is 2. The fourth-order valence-corrected chi connectivity index (χ4v) is 3.08. The number of amides is 1. The number of nitrogens with one attached hydrogen (secondary N) is 1. The van der Waals surface area contributed by atoms with Gasteiger partial charge in [-0.2, -0.15) is 0 Å². The first-order chi connectivity index (χ1) is 9.58. The molecule has 1 aliphatic carbocycles. The van der Waals surface area contributed by atoms with Crippen LogP contribution in [0.25, 0.3) is 0 Å². The van der Waals surface area contributed by atoms with E-state index in [-0.39, 0.29) is 11.9 Å². The molecule has 1 aromatic carbocycles. The highest BCUT2D eigenvalue weighted by Gasteiger charge is 2.23. The van der Waals surface area contributed by atoms with E-state index < -0.39 is 0 Å². The van der Waals surface area contributed by atoms with Crippen LogP contribution >= 0.6 is 0 Å². The number of hydrogen-bond donors (Lipinski definition) is 2. The van der Waals surface area contributed by atoms with E-state index >= 15 is 0 Å². The van der Waals surface area contributed by atoms with Crippen LogP contribution in [0.15, 0.2) is 18.2 Å². The predicted octanol–water partition coefficient (Wildman–Crippen LogP) is 3.14. The summed E-state index contributed by atoms with van der Waals surface area (Å²) < 4.78 is 0. The average molecular weight is 274 g/mol. The summed E-state index contributed by atoms with van der Waals surface area (Å²) in [4.78, 5) is 11.9. The van der Waals surface area contributed by atoms with Gasteiger partial charge < -0.3 is 5.73 Å². The molecule has 3 heteroatoms. The Morgan fingerprint density at radius 2 is 1.85 bits per heavy atom.